The van der Waals surface area contributed by atoms with Crippen LogP contribution in [0.2, 0.25) is 0 Å². The largest absolute Gasteiger partial charge is 0.490 e. The number of hydrogen-bond acceptors (Lipinski definition) is 3. The SMILES string of the molecule is CC(C(=O)O)n1cc(OCC2CC2)cn1. The lowest BCUT2D eigenvalue weighted by Gasteiger charge is -2.05. The van der Waals surface area contributed by atoms with E-state index in [0.29, 0.717) is 18.3 Å². The maximum Gasteiger partial charge on any atom is 0.328 e. The molecule has 1 aliphatic rings. The Kier molecular flexibility index (Phi) is 2.62. The molecule has 1 aliphatic carbocycles. The fraction of sp³-hybridized carbons (Fsp3) is 0.600. The van der Waals surface area contributed by atoms with Gasteiger partial charge in [-0.2, -0.15) is 5.10 Å². The van der Waals surface area contributed by atoms with E-state index in [1.807, 2.05) is 0 Å². The molecule has 5 nitrogen and oxygen atoms in total. The third-order valence-corrected chi connectivity index (χ3v) is 2.51. The van der Waals surface area contributed by atoms with Gasteiger partial charge in [-0.1, -0.05) is 0 Å². The second-order valence-corrected chi connectivity index (χ2v) is 3.92. The molecule has 1 aromatic heterocycles. The molecule has 1 heterocycles. The number of carbonyl (C=O) groups is 1. The Balaban J connectivity index is 1.93. The molecule has 0 spiro atoms. The quantitative estimate of drug-likeness (QED) is 0.796. The smallest absolute Gasteiger partial charge is 0.328 e. The molecule has 0 aromatic carbocycles. The van der Waals surface area contributed by atoms with Crippen LogP contribution in [-0.4, -0.2) is 27.5 Å². The van der Waals surface area contributed by atoms with Gasteiger partial charge in [0, 0.05) is 0 Å². The van der Waals surface area contributed by atoms with E-state index in [9.17, 15) is 4.79 Å². The molecular formula is C10H14N2O3. The number of nitrogens with zero attached hydrogens (tertiary/aromatic N) is 2. The van der Waals surface area contributed by atoms with Gasteiger partial charge in [0.1, 0.15) is 6.04 Å². The lowest BCUT2D eigenvalue weighted by Crippen LogP contribution is -2.15. The molecule has 0 saturated heterocycles. The van der Waals surface area contributed by atoms with Crippen molar-refractivity contribution in [3.8, 4) is 5.75 Å². The van der Waals surface area contributed by atoms with Crippen LogP contribution >= 0.6 is 0 Å². The lowest BCUT2D eigenvalue weighted by molar-refractivity contribution is -0.140. The number of rotatable bonds is 5. The zero-order valence-corrected chi connectivity index (χ0v) is 8.59. The number of ether oxygens (including phenoxy) is 1. The Morgan fingerprint density at radius 3 is 3.13 bits per heavy atom. The molecule has 1 N–H and O–H groups in total. The van der Waals surface area contributed by atoms with Gasteiger partial charge in [0.2, 0.25) is 0 Å². The van der Waals surface area contributed by atoms with Gasteiger partial charge in [-0.3, -0.25) is 4.68 Å². The van der Waals surface area contributed by atoms with Gasteiger partial charge in [-0.05, 0) is 25.7 Å². The molecule has 15 heavy (non-hydrogen) atoms. The van der Waals surface area contributed by atoms with Gasteiger partial charge < -0.3 is 9.84 Å². The summed E-state index contributed by atoms with van der Waals surface area (Å²) in [4.78, 5) is 10.7. The fourth-order valence-corrected chi connectivity index (χ4v) is 1.22. The number of carboxylic acid groups (broad SMARTS) is 1. The molecule has 1 aromatic rings. The predicted octanol–water partition coefficient (Wildman–Crippen LogP) is 1.32. The molecule has 1 unspecified atom stereocenters. The van der Waals surface area contributed by atoms with Gasteiger partial charge >= 0.3 is 5.97 Å². The monoisotopic (exact) mass is 210 g/mol. The minimum Gasteiger partial charge on any atom is -0.490 e. The first-order valence-electron chi connectivity index (χ1n) is 5.06. The van der Waals surface area contributed by atoms with E-state index in [1.165, 1.54) is 17.5 Å². The average molecular weight is 210 g/mol. The first-order valence-corrected chi connectivity index (χ1v) is 5.06. The second kappa shape index (κ2) is 3.92. The van der Waals surface area contributed by atoms with Crippen LogP contribution < -0.4 is 4.74 Å². The standard InChI is InChI=1S/C10H14N2O3/c1-7(10(13)14)12-5-9(4-11-12)15-6-8-2-3-8/h4-5,7-8H,2-3,6H2,1H3,(H,13,14). The van der Waals surface area contributed by atoms with Crippen molar-refractivity contribution in [3.05, 3.63) is 12.4 Å². The summed E-state index contributed by atoms with van der Waals surface area (Å²) in [5, 5.41) is 12.7. The van der Waals surface area contributed by atoms with Crippen molar-refractivity contribution >= 4 is 5.97 Å². The van der Waals surface area contributed by atoms with Crippen LogP contribution in [0.3, 0.4) is 0 Å². The normalized spacial score (nSPS) is 17.4. The zero-order valence-electron chi connectivity index (χ0n) is 8.59. The highest BCUT2D eigenvalue weighted by atomic mass is 16.5. The summed E-state index contributed by atoms with van der Waals surface area (Å²) < 4.78 is 6.86. The van der Waals surface area contributed by atoms with Crippen LogP contribution in [0.25, 0.3) is 0 Å². The number of hydrogen-bond donors (Lipinski definition) is 1. The van der Waals surface area contributed by atoms with Crippen molar-refractivity contribution in [2.24, 2.45) is 5.92 Å². The molecule has 1 atom stereocenters. The van der Waals surface area contributed by atoms with Gasteiger partial charge in [0.05, 0.1) is 19.0 Å². The third kappa shape index (κ3) is 2.49. The molecule has 2 rings (SSSR count). The maximum atomic E-state index is 10.7. The molecule has 82 valence electrons. The summed E-state index contributed by atoms with van der Waals surface area (Å²) >= 11 is 0. The summed E-state index contributed by atoms with van der Waals surface area (Å²) in [6.45, 7) is 2.30. The van der Waals surface area contributed by atoms with Crippen LogP contribution in [0.1, 0.15) is 25.8 Å². The van der Waals surface area contributed by atoms with Gasteiger partial charge in [0.25, 0.3) is 0 Å². The Morgan fingerprint density at radius 1 is 1.80 bits per heavy atom. The minimum atomic E-state index is -0.896. The van der Waals surface area contributed by atoms with Crippen molar-refractivity contribution < 1.29 is 14.6 Å². The highest BCUT2D eigenvalue weighted by molar-refractivity contribution is 5.71. The van der Waals surface area contributed by atoms with E-state index in [1.54, 1.807) is 19.3 Å². The molecule has 5 heteroatoms. The maximum absolute atomic E-state index is 10.7. The molecule has 1 saturated carbocycles. The highest BCUT2D eigenvalue weighted by Crippen LogP contribution is 2.29. The van der Waals surface area contributed by atoms with Crippen molar-refractivity contribution in [1.82, 2.24) is 9.78 Å². The van der Waals surface area contributed by atoms with Crippen molar-refractivity contribution in [2.75, 3.05) is 6.61 Å². The number of aromatic nitrogens is 2. The minimum absolute atomic E-state index is 0.648. The van der Waals surface area contributed by atoms with Crippen molar-refractivity contribution in [2.45, 2.75) is 25.8 Å². The van der Waals surface area contributed by atoms with E-state index in [4.69, 9.17) is 9.84 Å². The van der Waals surface area contributed by atoms with Crippen molar-refractivity contribution in [1.29, 1.82) is 0 Å². The molecular weight excluding hydrogens is 196 g/mol. The zero-order chi connectivity index (χ0) is 10.8. The van der Waals surface area contributed by atoms with Crippen LogP contribution in [0.5, 0.6) is 5.75 Å². The lowest BCUT2D eigenvalue weighted by atomic mass is 10.3. The van der Waals surface area contributed by atoms with Crippen LogP contribution in [-0.2, 0) is 4.79 Å². The van der Waals surface area contributed by atoms with E-state index < -0.39 is 12.0 Å². The van der Waals surface area contributed by atoms with E-state index in [0.717, 1.165) is 0 Å². The third-order valence-electron chi connectivity index (χ3n) is 2.51. The Hall–Kier alpha value is -1.52. The summed E-state index contributed by atoms with van der Waals surface area (Å²) in [6.07, 6.45) is 5.66. The van der Waals surface area contributed by atoms with Gasteiger partial charge in [-0.25, -0.2) is 4.79 Å². The molecule has 0 radical (unpaired) electrons. The Morgan fingerprint density at radius 2 is 2.53 bits per heavy atom. The Labute approximate surface area is 87.7 Å². The molecule has 0 aliphatic heterocycles. The van der Waals surface area contributed by atoms with Crippen molar-refractivity contribution in [3.63, 3.8) is 0 Å². The van der Waals surface area contributed by atoms with Crippen LogP contribution in [0, 0.1) is 5.92 Å². The number of aliphatic carboxylic acids is 1. The predicted molar refractivity (Wildman–Crippen MR) is 52.8 cm³/mol. The Bertz CT molecular complexity index is 357. The van der Waals surface area contributed by atoms with Gasteiger partial charge in [-0.15, -0.1) is 0 Å². The first-order chi connectivity index (χ1) is 7.16. The van der Waals surface area contributed by atoms with E-state index in [-0.39, 0.29) is 0 Å². The van der Waals surface area contributed by atoms with Gasteiger partial charge in [0.15, 0.2) is 5.75 Å². The summed E-state index contributed by atoms with van der Waals surface area (Å²) in [5.41, 5.74) is 0. The second-order valence-electron chi connectivity index (χ2n) is 3.92. The highest BCUT2D eigenvalue weighted by Gasteiger charge is 2.22. The fourth-order valence-electron chi connectivity index (χ4n) is 1.22. The van der Waals surface area contributed by atoms with E-state index in [2.05, 4.69) is 5.10 Å². The van der Waals surface area contributed by atoms with Crippen LogP contribution in [0.15, 0.2) is 12.4 Å². The molecule has 0 amide bonds. The number of carboxylic acids is 1. The summed E-state index contributed by atoms with van der Waals surface area (Å²) in [7, 11) is 0. The summed E-state index contributed by atoms with van der Waals surface area (Å²) in [6, 6.07) is -0.650. The summed E-state index contributed by atoms with van der Waals surface area (Å²) in [5.74, 6) is 0.437. The van der Waals surface area contributed by atoms with E-state index >= 15 is 0 Å². The van der Waals surface area contributed by atoms with Crippen LogP contribution in [0.4, 0.5) is 0 Å². The molecule has 0 bridgehead atoms. The molecule has 1 fully saturated rings. The topological polar surface area (TPSA) is 64.3 Å². The first kappa shape index (κ1) is 10.0. The average Bonchev–Trinajstić information content (AvgIpc) is 2.92.